The maximum atomic E-state index is 12.2. The minimum Gasteiger partial charge on any atom is -0.494 e. The molecule has 0 amide bonds. The molecule has 3 aromatic heterocycles. The Bertz CT molecular complexity index is 1210. The zero-order valence-electron chi connectivity index (χ0n) is 14.0. The predicted molar refractivity (Wildman–Crippen MR) is 91.9 cm³/mol. The first-order valence-corrected chi connectivity index (χ1v) is 7.79. The summed E-state index contributed by atoms with van der Waals surface area (Å²) in [4.78, 5) is 26.6. The van der Waals surface area contributed by atoms with Crippen LogP contribution in [0, 0.1) is 0 Å². The van der Waals surface area contributed by atoms with Gasteiger partial charge in [0.25, 0.3) is 5.56 Å². The third kappa shape index (κ3) is 2.09. The predicted octanol–water partition coefficient (Wildman–Crippen LogP) is 0.674. The number of benzene rings is 1. The number of hydrogen-bond acceptors (Lipinski definition) is 5. The van der Waals surface area contributed by atoms with E-state index in [1.165, 1.54) is 4.57 Å². The molecular formula is C16H16N6O3. The lowest BCUT2D eigenvalue weighted by atomic mass is 10.2. The average Bonchev–Trinajstić information content (AvgIpc) is 3.14. The van der Waals surface area contributed by atoms with Gasteiger partial charge in [0.15, 0.2) is 17.0 Å². The highest BCUT2D eigenvalue weighted by Crippen LogP contribution is 2.25. The van der Waals surface area contributed by atoms with Crippen LogP contribution in [0.25, 0.3) is 28.3 Å². The molecule has 1 aromatic carbocycles. The fourth-order valence-electron chi connectivity index (χ4n) is 3.00. The molecule has 9 nitrogen and oxygen atoms in total. The summed E-state index contributed by atoms with van der Waals surface area (Å²) in [6, 6.07) is 7.42. The molecule has 0 unspecified atom stereocenters. The van der Waals surface area contributed by atoms with Gasteiger partial charge in [0.2, 0.25) is 5.78 Å². The minimum atomic E-state index is -0.489. The van der Waals surface area contributed by atoms with Crippen molar-refractivity contribution in [2.24, 2.45) is 14.1 Å². The van der Waals surface area contributed by atoms with Gasteiger partial charge in [0.05, 0.1) is 6.61 Å². The van der Waals surface area contributed by atoms with Crippen molar-refractivity contribution >= 4 is 16.9 Å². The Balaban J connectivity index is 2.06. The van der Waals surface area contributed by atoms with Crippen LogP contribution in [0.15, 0.2) is 33.9 Å². The van der Waals surface area contributed by atoms with Crippen LogP contribution >= 0.6 is 0 Å². The summed E-state index contributed by atoms with van der Waals surface area (Å²) < 4.78 is 10.2. The van der Waals surface area contributed by atoms with Crippen LogP contribution in [0.4, 0.5) is 0 Å². The molecule has 4 rings (SSSR count). The molecule has 0 aliphatic rings. The molecular weight excluding hydrogens is 324 g/mol. The Morgan fingerprint density at radius 2 is 1.80 bits per heavy atom. The van der Waals surface area contributed by atoms with E-state index in [-0.39, 0.29) is 0 Å². The number of fused-ring (bicyclic) bond motifs is 3. The van der Waals surface area contributed by atoms with Gasteiger partial charge in [-0.1, -0.05) is 0 Å². The summed E-state index contributed by atoms with van der Waals surface area (Å²) in [5.41, 5.74) is 0.663. The van der Waals surface area contributed by atoms with E-state index in [1.807, 2.05) is 31.2 Å². The molecule has 0 aliphatic carbocycles. The van der Waals surface area contributed by atoms with Gasteiger partial charge in [0.1, 0.15) is 5.75 Å². The molecule has 0 atom stereocenters. The lowest BCUT2D eigenvalue weighted by Gasteiger charge is -2.05. The molecule has 0 spiro atoms. The maximum absolute atomic E-state index is 12.2. The molecule has 9 heteroatoms. The summed E-state index contributed by atoms with van der Waals surface area (Å²) in [5.74, 6) is 1.78. The molecule has 4 aromatic rings. The number of aromatic nitrogens is 6. The first kappa shape index (κ1) is 15.2. The van der Waals surface area contributed by atoms with Gasteiger partial charge < -0.3 is 9.30 Å². The van der Waals surface area contributed by atoms with Crippen molar-refractivity contribution in [3.05, 3.63) is 45.1 Å². The number of aryl methyl sites for hydroxylation is 2. The molecule has 0 saturated heterocycles. The van der Waals surface area contributed by atoms with Crippen molar-refractivity contribution in [1.29, 1.82) is 0 Å². The molecule has 0 aliphatic heterocycles. The number of imidazole rings is 1. The Morgan fingerprint density at radius 1 is 1.08 bits per heavy atom. The van der Waals surface area contributed by atoms with E-state index in [1.54, 1.807) is 23.1 Å². The fourth-order valence-corrected chi connectivity index (χ4v) is 3.00. The molecule has 3 heterocycles. The molecule has 128 valence electrons. The van der Waals surface area contributed by atoms with Gasteiger partial charge in [-0.2, -0.15) is 0 Å². The molecule has 25 heavy (non-hydrogen) atoms. The van der Waals surface area contributed by atoms with Gasteiger partial charge in [-0.3, -0.25) is 14.3 Å². The van der Waals surface area contributed by atoms with Gasteiger partial charge >= 0.3 is 5.69 Å². The van der Waals surface area contributed by atoms with Gasteiger partial charge in [-0.15, -0.1) is 10.2 Å². The monoisotopic (exact) mass is 340 g/mol. The van der Waals surface area contributed by atoms with E-state index in [0.29, 0.717) is 29.4 Å². The highest BCUT2D eigenvalue weighted by Gasteiger charge is 2.20. The minimum absolute atomic E-state index is 0.360. The Hall–Kier alpha value is -3.36. The number of nitrogens with one attached hydrogen (secondary N) is 1. The standard InChI is InChI=1S/C16H16N6O3/c1-4-25-10-7-5-9(6-8-10)12-18-19-15-20(2)11-13(23)17-16(24)21(3)14(11)22(12)15/h5-8H,4H2,1-3H3,(H,17,23,24). The normalized spacial score (nSPS) is 11.5. The Kier molecular flexibility index (Phi) is 3.24. The van der Waals surface area contributed by atoms with E-state index in [9.17, 15) is 9.59 Å². The molecule has 0 bridgehead atoms. The van der Waals surface area contributed by atoms with Crippen molar-refractivity contribution in [2.45, 2.75) is 6.92 Å². The van der Waals surface area contributed by atoms with Crippen LogP contribution in [-0.4, -0.2) is 35.3 Å². The SMILES string of the molecule is CCOc1ccc(-c2nnc3n(C)c4c(=O)[nH]c(=O)n(C)c4n23)cc1. The summed E-state index contributed by atoms with van der Waals surface area (Å²) in [5, 5.41) is 8.42. The average molecular weight is 340 g/mol. The second-order valence-corrected chi connectivity index (χ2v) is 5.67. The first-order valence-electron chi connectivity index (χ1n) is 7.79. The molecule has 1 N–H and O–H groups in total. The highest BCUT2D eigenvalue weighted by atomic mass is 16.5. The van der Waals surface area contributed by atoms with E-state index in [2.05, 4.69) is 15.2 Å². The third-order valence-electron chi connectivity index (χ3n) is 4.19. The van der Waals surface area contributed by atoms with Crippen molar-refractivity contribution in [2.75, 3.05) is 6.61 Å². The highest BCUT2D eigenvalue weighted by molar-refractivity contribution is 5.79. The van der Waals surface area contributed by atoms with Crippen LogP contribution in [0.1, 0.15) is 6.92 Å². The van der Waals surface area contributed by atoms with Crippen LogP contribution in [0.5, 0.6) is 5.75 Å². The number of ether oxygens (including phenoxy) is 1. The van der Waals surface area contributed by atoms with Crippen LogP contribution in [0.3, 0.4) is 0 Å². The number of hydrogen-bond donors (Lipinski definition) is 1. The quantitative estimate of drug-likeness (QED) is 0.591. The van der Waals surface area contributed by atoms with Crippen molar-refractivity contribution in [1.82, 2.24) is 28.7 Å². The number of aromatic amines is 1. The summed E-state index contributed by atoms with van der Waals surface area (Å²) in [7, 11) is 3.32. The van der Waals surface area contributed by atoms with E-state index >= 15 is 0 Å². The van der Waals surface area contributed by atoms with Crippen molar-refractivity contribution in [3.8, 4) is 17.1 Å². The zero-order chi connectivity index (χ0) is 17.7. The Labute approximate surface area is 141 Å². The lowest BCUT2D eigenvalue weighted by molar-refractivity contribution is 0.340. The zero-order valence-corrected chi connectivity index (χ0v) is 14.0. The smallest absolute Gasteiger partial charge is 0.329 e. The van der Waals surface area contributed by atoms with Crippen LogP contribution in [-0.2, 0) is 14.1 Å². The fraction of sp³-hybridized carbons (Fsp3) is 0.250. The third-order valence-corrected chi connectivity index (χ3v) is 4.19. The second-order valence-electron chi connectivity index (χ2n) is 5.67. The number of H-pyrrole nitrogens is 1. The largest absolute Gasteiger partial charge is 0.494 e. The maximum Gasteiger partial charge on any atom is 0.329 e. The van der Waals surface area contributed by atoms with Gasteiger partial charge in [0, 0.05) is 19.7 Å². The van der Waals surface area contributed by atoms with Crippen molar-refractivity contribution in [3.63, 3.8) is 0 Å². The van der Waals surface area contributed by atoms with Crippen LogP contribution in [0.2, 0.25) is 0 Å². The van der Waals surface area contributed by atoms with E-state index < -0.39 is 11.2 Å². The topological polar surface area (TPSA) is 99.2 Å². The molecule has 0 fully saturated rings. The van der Waals surface area contributed by atoms with Crippen molar-refractivity contribution < 1.29 is 4.74 Å². The molecule has 0 saturated carbocycles. The Morgan fingerprint density at radius 3 is 2.48 bits per heavy atom. The van der Waals surface area contributed by atoms with E-state index in [4.69, 9.17) is 4.74 Å². The second kappa shape index (κ2) is 5.33. The number of rotatable bonds is 3. The van der Waals surface area contributed by atoms with E-state index in [0.717, 1.165) is 11.3 Å². The first-order chi connectivity index (χ1) is 12.0. The summed E-state index contributed by atoms with van der Waals surface area (Å²) >= 11 is 0. The van der Waals surface area contributed by atoms with Gasteiger partial charge in [-0.05, 0) is 31.2 Å². The molecule has 0 radical (unpaired) electrons. The number of nitrogens with zero attached hydrogens (tertiary/aromatic N) is 5. The van der Waals surface area contributed by atoms with Gasteiger partial charge in [-0.25, -0.2) is 9.20 Å². The summed E-state index contributed by atoms with van der Waals surface area (Å²) in [6.07, 6.45) is 0. The lowest BCUT2D eigenvalue weighted by Crippen LogP contribution is -2.29. The van der Waals surface area contributed by atoms with Crippen LogP contribution < -0.4 is 16.0 Å². The summed E-state index contributed by atoms with van der Waals surface area (Å²) in [6.45, 7) is 2.51.